The van der Waals surface area contributed by atoms with Crippen LogP contribution in [0.15, 0.2) is 9.93 Å². The third kappa shape index (κ3) is 3.69. The Morgan fingerprint density at radius 2 is 2.18 bits per heavy atom. The van der Waals surface area contributed by atoms with E-state index in [0.29, 0.717) is 18.3 Å². The van der Waals surface area contributed by atoms with Crippen LogP contribution in [-0.4, -0.2) is 45.6 Å². The highest BCUT2D eigenvalue weighted by molar-refractivity contribution is 7.13. The van der Waals surface area contributed by atoms with Gasteiger partial charge in [-0.3, -0.25) is 9.69 Å². The first-order valence-electron chi connectivity index (χ1n) is 7.44. The van der Waals surface area contributed by atoms with Crippen LogP contribution in [0.4, 0.5) is 0 Å². The van der Waals surface area contributed by atoms with Gasteiger partial charge in [0, 0.05) is 0 Å². The van der Waals surface area contributed by atoms with Crippen LogP contribution in [0.5, 0.6) is 0 Å². The van der Waals surface area contributed by atoms with Crippen LogP contribution in [0.3, 0.4) is 0 Å². The Kier molecular flexibility index (Phi) is 4.79. The fourth-order valence-corrected chi connectivity index (χ4v) is 3.20. The van der Waals surface area contributed by atoms with Crippen LogP contribution in [0.1, 0.15) is 30.8 Å². The minimum Gasteiger partial charge on any atom is -0.418 e. The number of thiazole rings is 1. The van der Waals surface area contributed by atoms with Crippen molar-refractivity contribution < 1.29 is 9.21 Å². The van der Waals surface area contributed by atoms with Gasteiger partial charge in [0.15, 0.2) is 0 Å². The molecule has 22 heavy (non-hydrogen) atoms. The third-order valence-corrected chi connectivity index (χ3v) is 4.58. The van der Waals surface area contributed by atoms with E-state index in [1.165, 1.54) is 30.6 Å². The predicted octanol–water partition coefficient (Wildman–Crippen LogP) is 1.60. The number of aryl methyl sites for hydroxylation is 1. The number of nitrogens with zero attached hydrogens (tertiary/aromatic N) is 4. The van der Waals surface area contributed by atoms with E-state index in [-0.39, 0.29) is 12.5 Å². The molecule has 1 aliphatic rings. The van der Waals surface area contributed by atoms with Gasteiger partial charge in [-0.25, -0.2) is 4.98 Å². The fourth-order valence-electron chi connectivity index (χ4n) is 2.47. The molecular formula is C14H19N5O2S. The number of carbonyl (C=O) groups excluding carboxylic acids is 1. The molecule has 1 fully saturated rings. The molecule has 2 aromatic rings. The molecule has 0 spiro atoms. The number of aromatic nitrogens is 3. The Morgan fingerprint density at radius 1 is 1.36 bits per heavy atom. The van der Waals surface area contributed by atoms with Gasteiger partial charge in [-0.05, 0) is 32.9 Å². The Morgan fingerprint density at radius 3 is 2.91 bits per heavy atom. The average molecular weight is 321 g/mol. The summed E-state index contributed by atoms with van der Waals surface area (Å²) in [4.78, 5) is 19.1. The van der Waals surface area contributed by atoms with Crippen molar-refractivity contribution in [3.8, 4) is 10.8 Å². The van der Waals surface area contributed by atoms with Crippen LogP contribution in [0, 0.1) is 6.92 Å². The zero-order valence-corrected chi connectivity index (χ0v) is 13.4. The average Bonchev–Trinajstić information content (AvgIpc) is 3.14. The molecule has 0 aromatic carbocycles. The number of piperidine rings is 1. The van der Waals surface area contributed by atoms with E-state index in [9.17, 15) is 4.79 Å². The summed E-state index contributed by atoms with van der Waals surface area (Å²) in [6.45, 7) is 4.61. The van der Waals surface area contributed by atoms with E-state index < -0.39 is 0 Å². The molecule has 0 radical (unpaired) electrons. The molecule has 1 saturated heterocycles. The van der Waals surface area contributed by atoms with Crippen molar-refractivity contribution >= 4 is 17.2 Å². The first-order valence-corrected chi connectivity index (χ1v) is 8.32. The fraction of sp³-hybridized carbons (Fsp3) is 0.571. The van der Waals surface area contributed by atoms with Crippen molar-refractivity contribution in [3.63, 3.8) is 0 Å². The quantitative estimate of drug-likeness (QED) is 0.900. The number of carbonyl (C=O) groups is 1. The van der Waals surface area contributed by atoms with Gasteiger partial charge in [-0.15, -0.1) is 21.5 Å². The maximum absolute atomic E-state index is 11.9. The monoisotopic (exact) mass is 321 g/mol. The summed E-state index contributed by atoms with van der Waals surface area (Å²) in [6, 6.07) is 0. The summed E-state index contributed by atoms with van der Waals surface area (Å²) in [6.07, 6.45) is 3.61. The molecule has 3 rings (SSSR count). The van der Waals surface area contributed by atoms with Gasteiger partial charge in [-0.1, -0.05) is 6.42 Å². The van der Waals surface area contributed by atoms with Gasteiger partial charge < -0.3 is 9.73 Å². The van der Waals surface area contributed by atoms with Crippen molar-refractivity contribution in [2.45, 2.75) is 32.7 Å². The molecule has 7 nitrogen and oxygen atoms in total. The van der Waals surface area contributed by atoms with E-state index in [4.69, 9.17) is 4.42 Å². The van der Waals surface area contributed by atoms with Crippen molar-refractivity contribution in [3.05, 3.63) is 17.1 Å². The maximum Gasteiger partial charge on any atom is 0.259 e. The highest BCUT2D eigenvalue weighted by atomic mass is 32.1. The number of hydrogen-bond donors (Lipinski definition) is 1. The van der Waals surface area contributed by atoms with E-state index >= 15 is 0 Å². The third-order valence-electron chi connectivity index (χ3n) is 3.66. The Bertz CT molecular complexity index is 633. The van der Waals surface area contributed by atoms with Crippen LogP contribution < -0.4 is 5.32 Å². The Hall–Kier alpha value is -1.80. The molecule has 0 unspecified atom stereocenters. The molecule has 2 aromatic heterocycles. The molecule has 3 heterocycles. The lowest BCUT2D eigenvalue weighted by molar-refractivity contribution is -0.122. The summed E-state index contributed by atoms with van der Waals surface area (Å²) in [5, 5.41) is 10.8. The number of likely N-dealkylation sites (tertiary alicyclic amines) is 1. The highest BCUT2D eigenvalue weighted by Crippen LogP contribution is 2.25. The van der Waals surface area contributed by atoms with E-state index in [1.54, 1.807) is 5.51 Å². The van der Waals surface area contributed by atoms with Crippen LogP contribution in [0.25, 0.3) is 10.8 Å². The zero-order chi connectivity index (χ0) is 15.4. The van der Waals surface area contributed by atoms with Crippen molar-refractivity contribution in [2.24, 2.45) is 0 Å². The number of hydrogen-bond acceptors (Lipinski definition) is 7. The summed E-state index contributed by atoms with van der Waals surface area (Å²) in [5.74, 6) is 0.866. The molecule has 118 valence electrons. The number of rotatable bonds is 5. The second-order valence-corrected chi connectivity index (χ2v) is 6.24. The minimum atomic E-state index is -0.00405. The van der Waals surface area contributed by atoms with Gasteiger partial charge in [0.25, 0.3) is 5.89 Å². The number of nitrogens with one attached hydrogen (secondary N) is 1. The lowest BCUT2D eigenvalue weighted by Crippen LogP contribution is -2.39. The van der Waals surface area contributed by atoms with Crippen LogP contribution >= 0.6 is 11.3 Å². The van der Waals surface area contributed by atoms with E-state index in [0.717, 1.165) is 23.7 Å². The zero-order valence-electron chi connectivity index (χ0n) is 12.5. The lowest BCUT2D eigenvalue weighted by atomic mass is 10.1. The topological polar surface area (TPSA) is 84.2 Å². The molecule has 0 aliphatic carbocycles. The molecule has 1 N–H and O–H groups in total. The van der Waals surface area contributed by atoms with Gasteiger partial charge in [-0.2, -0.15) is 0 Å². The largest absolute Gasteiger partial charge is 0.418 e. The molecule has 0 saturated carbocycles. The first kappa shape index (κ1) is 15.1. The lowest BCUT2D eigenvalue weighted by Gasteiger charge is -2.25. The Labute approximate surface area is 132 Å². The normalized spacial score (nSPS) is 15.9. The molecule has 1 aliphatic heterocycles. The summed E-state index contributed by atoms with van der Waals surface area (Å²) >= 11 is 1.46. The minimum absolute atomic E-state index is 0.00405. The van der Waals surface area contributed by atoms with Crippen molar-refractivity contribution in [2.75, 3.05) is 19.6 Å². The number of amides is 1. The van der Waals surface area contributed by atoms with Gasteiger partial charge in [0.05, 0.1) is 24.3 Å². The molecule has 0 atom stereocenters. The summed E-state index contributed by atoms with van der Waals surface area (Å²) in [5.41, 5.74) is 2.61. The van der Waals surface area contributed by atoms with Crippen LogP contribution in [-0.2, 0) is 11.3 Å². The standard InChI is InChI=1S/C14H19N5O2S/c1-10-13(22-9-16-10)14-18-17-12(21-14)7-15-11(20)8-19-5-3-2-4-6-19/h9H,2-8H2,1H3,(H,15,20). The first-order chi connectivity index (χ1) is 10.7. The second kappa shape index (κ2) is 6.97. The second-order valence-electron chi connectivity index (χ2n) is 5.38. The molecule has 0 bridgehead atoms. The van der Waals surface area contributed by atoms with Crippen molar-refractivity contribution in [1.82, 2.24) is 25.4 Å². The molecule has 1 amide bonds. The van der Waals surface area contributed by atoms with Crippen molar-refractivity contribution in [1.29, 1.82) is 0 Å². The van der Waals surface area contributed by atoms with Gasteiger partial charge in [0.1, 0.15) is 4.88 Å². The van der Waals surface area contributed by atoms with Gasteiger partial charge in [0.2, 0.25) is 11.8 Å². The Balaban J connectivity index is 1.50. The van der Waals surface area contributed by atoms with E-state index in [1.807, 2.05) is 6.92 Å². The maximum atomic E-state index is 11.9. The van der Waals surface area contributed by atoms with E-state index in [2.05, 4.69) is 25.4 Å². The summed E-state index contributed by atoms with van der Waals surface area (Å²) < 4.78 is 5.57. The van der Waals surface area contributed by atoms with Gasteiger partial charge >= 0.3 is 0 Å². The van der Waals surface area contributed by atoms with Crippen LogP contribution in [0.2, 0.25) is 0 Å². The smallest absolute Gasteiger partial charge is 0.259 e. The summed E-state index contributed by atoms with van der Waals surface area (Å²) in [7, 11) is 0. The molecular weight excluding hydrogens is 302 g/mol. The highest BCUT2D eigenvalue weighted by Gasteiger charge is 2.16. The predicted molar refractivity (Wildman–Crippen MR) is 82.3 cm³/mol. The molecule has 8 heteroatoms. The SMILES string of the molecule is Cc1ncsc1-c1nnc(CNC(=O)CN2CCCCC2)o1.